The Balaban J connectivity index is 1.52. The lowest BCUT2D eigenvalue weighted by Gasteiger charge is -2.16. The molecule has 4 rings (SSSR count). The summed E-state index contributed by atoms with van der Waals surface area (Å²) in [4.78, 5) is 12.1. The van der Waals surface area contributed by atoms with Gasteiger partial charge in [-0.2, -0.15) is 0 Å². The minimum Gasteiger partial charge on any atom is -0.489 e. The van der Waals surface area contributed by atoms with Crippen molar-refractivity contribution in [3.8, 4) is 5.75 Å². The highest BCUT2D eigenvalue weighted by atomic mass is 19.1. The number of hydrogen-bond donors (Lipinski definition) is 2. The van der Waals surface area contributed by atoms with Gasteiger partial charge in [-0.05, 0) is 58.7 Å². The fourth-order valence-corrected chi connectivity index (χ4v) is 3.86. The van der Waals surface area contributed by atoms with Gasteiger partial charge in [-0.3, -0.25) is 4.79 Å². The van der Waals surface area contributed by atoms with Gasteiger partial charge >= 0.3 is 0 Å². The van der Waals surface area contributed by atoms with Crippen molar-refractivity contribution in [1.82, 2.24) is 0 Å². The van der Waals surface area contributed by atoms with E-state index in [4.69, 9.17) is 4.74 Å². The summed E-state index contributed by atoms with van der Waals surface area (Å²) in [6.45, 7) is 4.95. The maximum Gasteiger partial charge on any atom is 0.224 e. The van der Waals surface area contributed by atoms with E-state index in [0.29, 0.717) is 25.5 Å². The molecule has 0 saturated carbocycles. The highest BCUT2D eigenvalue weighted by Gasteiger charge is 2.11. The number of hydrogen-bond acceptors (Lipinski definition) is 3. The second-order valence-electron chi connectivity index (χ2n) is 8.76. The van der Waals surface area contributed by atoms with Crippen molar-refractivity contribution in [3.05, 3.63) is 102 Å². The van der Waals surface area contributed by atoms with E-state index in [-0.39, 0.29) is 11.7 Å². The lowest BCUT2D eigenvalue weighted by molar-refractivity contribution is -0.116. The first-order valence-corrected chi connectivity index (χ1v) is 11.5. The fourth-order valence-electron chi connectivity index (χ4n) is 3.86. The second kappa shape index (κ2) is 10.8. The van der Waals surface area contributed by atoms with Crippen LogP contribution < -0.4 is 15.4 Å². The summed E-state index contributed by atoms with van der Waals surface area (Å²) in [5.74, 6) is 0.831. The van der Waals surface area contributed by atoms with Crippen LogP contribution in [0.15, 0.2) is 84.9 Å². The van der Waals surface area contributed by atoms with Crippen LogP contribution in [0.5, 0.6) is 5.75 Å². The molecule has 174 valence electrons. The molecule has 4 nitrogen and oxygen atoms in total. The van der Waals surface area contributed by atoms with E-state index in [9.17, 15) is 9.18 Å². The molecule has 1 amide bonds. The Morgan fingerprint density at radius 1 is 0.912 bits per heavy atom. The summed E-state index contributed by atoms with van der Waals surface area (Å²) < 4.78 is 19.4. The zero-order valence-electron chi connectivity index (χ0n) is 19.5. The zero-order valence-corrected chi connectivity index (χ0v) is 19.5. The molecule has 0 aromatic heterocycles. The monoisotopic (exact) mass is 456 g/mol. The summed E-state index contributed by atoms with van der Waals surface area (Å²) in [7, 11) is 0. The van der Waals surface area contributed by atoms with Crippen LogP contribution in [0, 0.1) is 11.7 Å². The van der Waals surface area contributed by atoms with Gasteiger partial charge in [0.05, 0.1) is 0 Å². The molecule has 0 aliphatic rings. The van der Waals surface area contributed by atoms with Gasteiger partial charge in [0.1, 0.15) is 18.2 Å². The van der Waals surface area contributed by atoms with E-state index in [1.807, 2.05) is 62.4 Å². The molecular weight excluding hydrogens is 427 g/mol. The molecule has 4 aromatic rings. The van der Waals surface area contributed by atoms with Crippen molar-refractivity contribution in [2.24, 2.45) is 5.92 Å². The lowest BCUT2D eigenvalue weighted by atomic mass is 10.0. The maximum absolute atomic E-state index is 13.2. The minimum absolute atomic E-state index is 0.0117. The number of anilines is 2. The largest absolute Gasteiger partial charge is 0.489 e. The molecule has 4 aromatic carbocycles. The van der Waals surface area contributed by atoms with Crippen molar-refractivity contribution < 1.29 is 13.9 Å². The summed E-state index contributed by atoms with van der Waals surface area (Å²) in [5, 5.41) is 8.67. The number of halogens is 1. The van der Waals surface area contributed by atoms with Crippen molar-refractivity contribution in [1.29, 1.82) is 0 Å². The predicted octanol–water partition coefficient (Wildman–Crippen LogP) is 7.15. The Morgan fingerprint density at radius 3 is 2.47 bits per heavy atom. The highest BCUT2D eigenvalue weighted by molar-refractivity contribution is 5.91. The van der Waals surface area contributed by atoms with Crippen molar-refractivity contribution in [3.63, 3.8) is 0 Å². The SMILES string of the molecule is CC(C)CC(=O)Nc1cccc(NCc2c(OCc3ccc(F)cc3)ccc3ccccc23)c1. The van der Waals surface area contributed by atoms with Crippen molar-refractivity contribution >= 4 is 28.1 Å². The van der Waals surface area contributed by atoms with Crippen LogP contribution >= 0.6 is 0 Å². The first kappa shape index (κ1) is 23.3. The van der Waals surface area contributed by atoms with Gasteiger partial charge in [-0.1, -0.05) is 62.4 Å². The van der Waals surface area contributed by atoms with Crippen LogP contribution in [0.25, 0.3) is 10.8 Å². The number of carbonyl (C=O) groups is 1. The summed E-state index contributed by atoms with van der Waals surface area (Å²) in [5.41, 5.74) is 3.61. The number of benzene rings is 4. The predicted molar refractivity (Wildman–Crippen MR) is 137 cm³/mol. The molecule has 0 radical (unpaired) electrons. The first-order valence-electron chi connectivity index (χ1n) is 11.5. The zero-order chi connectivity index (χ0) is 23.9. The Kier molecular flexibility index (Phi) is 7.43. The normalized spacial score (nSPS) is 10.9. The topological polar surface area (TPSA) is 50.4 Å². The summed E-state index contributed by atoms with van der Waals surface area (Å²) in [6, 6.07) is 26.3. The van der Waals surface area contributed by atoms with Crippen molar-refractivity contribution in [2.75, 3.05) is 10.6 Å². The number of carbonyl (C=O) groups excluding carboxylic acids is 1. The molecule has 0 atom stereocenters. The number of amides is 1. The van der Waals surface area contributed by atoms with Gasteiger partial charge in [0.25, 0.3) is 0 Å². The maximum atomic E-state index is 13.2. The molecule has 0 fully saturated rings. The first-order chi connectivity index (χ1) is 16.5. The van der Waals surface area contributed by atoms with Crippen LogP contribution in [0.3, 0.4) is 0 Å². The Bertz CT molecular complexity index is 1270. The van der Waals surface area contributed by atoms with E-state index < -0.39 is 0 Å². The average Bonchev–Trinajstić information content (AvgIpc) is 2.82. The van der Waals surface area contributed by atoms with E-state index in [0.717, 1.165) is 39.0 Å². The molecule has 0 spiro atoms. The quantitative estimate of drug-likeness (QED) is 0.281. The van der Waals surface area contributed by atoms with Crippen molar-refractivity contribution in [2.45, 2.75) is 33.4 Å². The van der Waals surface area contributed by atoms with Gasteiger partial charge in [-0.15, -0.1) is 0 Å². The van der Waals surface area contributed by atoms with E-state index >= 15 is 0 Å². The van der Waals surface area contributed by atoms with Gasteiger partial charge in [0, 0.05) is 29.9 Å². The molecule has 2 N–H and O–H groups in total. The van der Waals surface area contributed by atoms with E-state index in [1.54, 1.807) is 12.1 Å². The number of ether oxygens (including phenoxy) is 1. The van der Waals surface area contributed by atoms with Crippen LogP contribution in [0.1, 0.15) is 31.4 Å². The summed E-state index contributed by atoms with van der Waals surface area (Å²) in [6.07, 6.45) is 0.489. The third-order valence-corrected chi connectivity index (χ3v) is 5.51. The molecule has 0 bridgehead atoms. The molecule has 0 saturated heterocycles. The van der Waals surface area contributed by atoms with Crippen LogP contribution in [-0.2, 0) is 17.9 Å². The van der Waals surface area contributed by atoms with Gasteiger partial charge in [-0.25, -0.2) is 4.39 Å². The Hall–Kier alpha value is -3.86. The number of fused-ring (bicyclic) bond motifs is 1. The van der Waals surface area contributed by atoms with Crippen LogP contribution in [-0.4, -0.2) is 5.91 Å². The minimum atomic E-state index is -0.262. The molecular formula is C29H29FN2O2. The molecule has 34 heavy (non-hydrogen) atoms. The Morgan fingerprint density at radius 2 is 1.68 bits per heavy atom. The van der Waals surface area contributed by atoms with Gasteiger partial charge in [0.2, 0.25) is 5.91 Å². The second-order valence-corrected chi connectivity index (χ2v) is 8.76. The van der Waals surface area contributed by atoms with Crippen LogP contribution in [0.4, 0.5) is 15.8 Å². The van der Waals surface area contributed by atoms with Gasteiger partial charge < -0.3 is 15.4 Å². The third-order valence-electron chi connectivity index (χ3n) is 5.51. The molecule has 5 heteroatoms. The molecule has 0 aliphatic heterocycles. The molecule has 0 heterocycles. The molecule has 0 aliphatic carbocycles. The third kappa shape index (κ3) is 6.13. The van der Waals surface area contributed by atoms with Gasteiger partial charge in [0.15, 0.2) is 0 Å². The van der Waals surface area contributed by atoms with E-state index in [1.165, 1.54) is 12.1 Å². The highest BCUT2D eigenvalue weighted by Crippen LogP contribution is 2.30. The number of nitrogens with one attached hydrogen (secondary N) is 2. The smallest absolute Gasteiger partial charge is 0.224 e. The number of rotatable bonds is 9. The van der Waals surface area contributed by atoms with Crippen LogP contribution in [0.2, 0.25) is 0 Å². The lowest BCUT2D eigenvalue weighted by Crippen LogP contribution is -2.14. The average molecular weight is 457 g/mol. The summed E-state index contributed by atoms with van der Waals surface area (Å²) >= 11 is 0. The molecule has 0 unspecified atom stereocenters. The fraction of sp³-hybridized carbons (Fsp3) is 0.207. The van der Waals surface area contributed by atoms with E-state index in [2.05, 4.69) is 22.8 Å². The Labute approximate surface area is 199 Å². The standard InChI is InChI=1S/C29H29FN2O2/c1-20(2)16-29(33)32-25-8-5-7-24(17-25)31-18-27-26-9-4-3-6-22(26)12-15-28(27)34-19-21-10-13-23(30)14-11-21/h3-15,17,20,31H,16,18-19H2,1-2H3,(H,32,33).